The number of aromatic nitrogens is 1. The first kappa shape index (κ1) is 14.6. The van der Waals surface area contributed by atoms with Crippen molar-refractivity contribution in [2.45, 2.75) is 25.8 Å². The molecule has 0 saturated carbocycles. The lowest BCUT2D eigenvalue weighted by molar-refractivity contribution is 0.500. The quantitative estimate of drug-likeness (QED) is 0.871. The molecule has 1 unspecified atom stereocenters. The van der Waals surface area contributed by atoms with Gasteiger partial charge < -0.3 is 5.32 Å². The van der Waals surface area contributed by atoms with Crippen LogP contribution in [-0.2, 0) is 6.42 Å². The van der Waals surface area contributed by atoms with Crippen LogP contribution in [0.2, 0.25) is 0 Å². The van der Waals surface area contributed by atoms with E-state index < -0.39 is 11.6 Å². The molecule has 0 spiro atoms. The molecule has 0 bridgehead atoms. The van der Waals surface area contributed by atoms with Crippen molar-refractivity contribution in [3.05, 3.63) is 65.5 Å². The standard InChI is InChI=1S/C16H18F2N2/c1-2-7-20-16(13-5-8-19-9-6-13)11-12-3-4-14(17)15(18)10-12/h3-6,8-10,16,20H,2,7,11H2,1H3. The van der Waals surface area contributed by atoms with Crippen molar-refractivity contribution >= 4 is 0 Å². The third kappa shape index (κ3) is 3.84. The van der Waals surface area contributed by atoms with E-state index in [0.717, 1.165) is 24.1 Å². The Morgan fingerprint density at radius 1 is 1.10 bits per heavy atom. The molecular weight excluding hydrogens is 258 g/mol. The van der Waals surface area contributed by atoms with Gasteiger partial charge in [0.05, 0.1) is 0 Å². The molecular formula is C16H18F2N2. The molecule has 0 amide bonds. The van der Waals surface area contributed by atoms with Crippen molar-refractivity contribution in [1.29, 1.82) is 0 Å². The number of nitrogens with one attached hydrogen (secondary N) is 1. The predicted molar refractivity (Wildman–Crippen MR) is 75.3 cm³/mol. The average Bonchev–Trinajstić information content (AvgIpc) is 2.48. The maximum atomic E-state index is 13.3. The Morgan fingerprint density at radius 3 is 2.50 bits per heavy atom. The van der Waals surface area contributed by atoms with Gasteiger partial charge >= 0.3 is 0 Å². The second-order valence-corrected chi connectivity index (χ2v) is 4.74. The van der Waals surface area contributed by atoms with E-state index in [9.17, 15) is 8.78 Å². The molecule has 0 aliphatic heterocycles. The fraction of sp³-hybridized carbons (Fsp3) is 0.312. The summed E-state index contributed by atoms with van der Waals surface area (Å²) in [5.74, 6) is -1.61. The van der Waals surface area contributed by atoms with Gasteiger partial charge in [0.1, 0.15) is 0 Å². The summed E-state index contributed by atoms with van der Waals surface area (Å²) >= 11 is 0. The molecule has 2 aromatic rings. The van der Waals surface area contributed by atoms with Gasteiger partial charge in [-0.3, -0.25) is 4.98 Å². The zero-order valence-corrected chi connectivity index (χ0v) is 11.4. The van der Waals surface area contributed by atoms with Crippen molar-refractivity contribution < 1.29 is 8.78 Å². The molecule has 1 aromatic heterocycles. The number of rotatable bonds is 6. The molecule has 1 N–H and O–H groups in total. The molecule has 1 heterocycles. The maximum Gasteiger partial charge on any atom is 0.159 e. The van der Waals surface area contributed by atoms with Gasteiger partial charge in [0, 0.05) is 18.4 Å². The highest BCUT2D eigenvalue weighted by atomic mass is 19.2. The summed E-state index contributed by atoms with van der Waals surface area (Å²) in [4.78, 5) is 4.00. The molecule has 0 radical (unpaired) electrons. The molecule has 1 atom stereocenters. The lowest BCUT2D eigenvalue weighted by Crippen LogP contribution is -2.24. The van der Waals surface area contributed by atoms with Gasteiger partial charge in [0.15, 0.2) is 11.6 Å². The zero-order chi connectivity index (χ0) is 14.4. The first-order valence-corrected chi connectivity index (χ1v) is 6.78. The number of hydrogen-bond donors (Lipinski definition) is 1. The summed E-state index contributed by atoms with van der Waals surface area (Å²) in [7, 11) is 0. The number of pyridine rings is 1. The van der Waals surface area contributed by atoms with Crippen molar-refractivity contribution in [3.8, 4) is 0 Å². The third-order valence-electron chi connectivity index (χ3n) is 3.17. The Bertz CT molecular complexity index is 543. The minimum atomic E-state index is -0.810. The van der Waals surface area contributed by atoms with Crippen LogP contribution < -0.4 is 5.32 Å². The minimum absolute atomic E-state index is 0.0720. The zero-order valence-electron chi connectivity index (χ0n) is 11.4. The second kappa shape index (κ2) is 7.10. The Kier molecular flexibility index (Phi) is 5.18. The Labute approximate surface area is 117 Å². The fourth-order valence-electron chi connectivity index (χ4n) is 2.12. The normalized spacial score (nSPS) is 12.3. The van der Waals surface area contributed by atoms with E-state index in [1.54, 1.807) is 18.5 Å². The molecule has 0 aliphatic rings. The summed E-state index contributed by atoms with van der Waals surface area (Å²) in [5.41, 5.74) is 1.87. The highest BCUT2D eigenvalue weighted by molar-refractivity contribution is 5.23. The first-order chi connectivity index (χ1) is 9.70. The van der Waals surface area contributed by atoms with Gasteiger partial charge in [-0.05, 0) is 54.8 Å². The predicted octanol–water partition coefficient (Wildman–Crippen LogP) is 3.64. The second-order valence-electron chi connectivity index (χ2n) is 4.74. The van der Waals surface area contributed by atoms with Gasteiger partial charge in [-0.1, -0.05) is 13.0 Å². The van der Waals surface area contributed by atoms with Gasteiger partial charge in [-0.25, -0.2) is 8.78 Å². The van der Waals surface area contributed by atoms with Crippen LogP contribution in [0.5, 0.6) is 0 Å². The van der Waals surface area contributed by atoms with E-state index in [2.05, 4.69) is 17.2 Å². The third-order valence-corrected chi connectivity index (χ3v) is 3.17. The van der Waals surface area contributed by atoms with Crippen molar-refractivity contribution in [3.63, 3.8) is 0 Å². The monoisotopic (exact) mass is 276 g/mol. The molecule has 20 heavy (non-hydrogen) atoms. The van der Waals surface area contributed by atoms with Gasteiger partial charge in [-0.15, -0.1) is 0 Å². The number of nitrogens with zero attached hydrogens (tertiary/aromatic N) is 1. The molecule has 0 saturated heterocycles. The van der Waals surface area contributed by atoms with Gasteiger partial charge in [0.2, 0.25) is 0 Å². The smallest absolute Gasteiger partial charge is 0.159 e. The summed E-state index contributed by atoms with van der Waals surface area (Å²) in [6.07, 6.45) is 5.10. The Balaban J connectivity index is 2.17. The van der Waals surface area contributed by atoms with Gasteiger partial charge in [0.25, 0.3) is 0 Å². The number of benzene rings is 1. The van der Waals surface area contributed by atoms with Crippen LogP contribution in [0, 0.1) is 11.6 Å². The van der Waals surface area contributed by atoms with Crippen molar-refractivity contribution in [1.82, 2.24) is 10.3 Å². The lowest BCUT2D eigenvalue weighted by Gasteiger charge is -2.19. The van der Waals surface area contributed by atoms with E-state index in [0.29, 0.717) is 6.42 Å². The summed E-state index contributed by atoms with van der Waals surface area (Å²) < 4.78 is 26.2. The first-order valence-electron chi connectivity index (χ1n) is 6.78. The van der Waals surface area contributed by atoms with Crippen LogP contribution in [0.15, 0.2) is 42.7 Å². The van der Waals surface area contributed by atoms with E-state index in [4.69, 9.17) is 0 Å². The van der Waals surface area contributed by atoms with Gasteiger partial charge in [-0.2, -0.15) is 0 Å². The molecule has 106 valence electrons. The van der Waals surface area contributed by atoms with Crippen molar-refractivity contribution in [2.75, 3.05) is 6.54 Å². The molecule has 0 fully saturated rings. The number of halogens is 2. The van der Waals surface area contributed by atoms with E-state index in [1.807, 2.05) is 12.1 Å². The Morgan fingerprint density at radius 2 is 1.85 bits per heavy atom. The molecule has 4 heteroatoms. The van der Waals surface area contributed by atoms with Crippen LogP contribution in [0.1, 0.15) is 30.5 Å². The van der Waals surface area contributed by atoms with E-state index in [1.165, 1.54) is 12.1 Å². The van der Waals surface area contributed by atoms with Crippen molar-refractivity contribution in [2.24, 2.45) is 0 Å². The SMILES string of the molecule is CCCNC(Cc1ccc(F)c(F)c1)c1ccncc1. The van der Waals surface area contributed by atoms with E-state index >= 15 is 0 Å². The van der Waals surface area contributed by atoms with Crippen LogP contribution in [-0.4, -0.2) is 11.5 Å². The molecule has 2 nitrogen and oxygen atoms in total. The number of hydrogen-bond acceptors (Lipinski definition) is 2. The summed E-state index contributed by atoms with van der Waals surface area (Å²) in [6.45, 7) is 2.96. The molecule has 0 aliphatic carbocycles. The topological polar surface area (TPSA) is 24.9 Å². The van der Waals surface area contributed by atoms with Crippen LogP contribution in [0.3, 0.4) is 0 Å². The lowest BCUT2D eigenvalue weighted by atomic mass is 9.99. The van der Waals surface area contributed by atoms with Crippen LogP contribution >= 0.6 is 0 Å². The largest absolute Gasteiger partial charge is 0.310 e. The molecule has 1 aromatic carbocycles. The van der Waals surface area contributed by atoms with Crippen LogP contribution in [0.25, 0.3) is 0 Å². The fourth-order valence-corrected chi connectivity index (χ4v) is 2.12. The minimum Gasteiger partial charge on any atom is -0.310 e. The molecule has 2 rings (SSSR count). The average molecular weight is 276 g/mol. The summed E-state index contributed by atoms with van der Waals surface area (Å²) in [6, 6.07) is 8.01. The maximum absolute atomic E-state index is 13.3. The van der Waals surface area contributed by atoms with E-state index in [-0.39, 0.29) is 6.04 Å². The highest BCUT2D eigenvalue weighted by Gasteiger charge is 2.12. The summed E-state index contributed by atoms with van der Waals surface area (Å²) in [5, 5.41) is 3.42. The van der Waals surface area contributed by atoms with Crippen LogP contribution in [0.4, 0.5) is 8.78 Å². The highest BCUT2D eigenvalue weighted by Crippen LogP contribution is 2.19. The Hall–Kier alpha value is -1.81.